The van der Waals surface area contributed by atoms with Gasteiger partial charge in [0.2, 0.25) is 11.7 Å². The second kappa shape index (κ2) is 7.53. The SMILES string of the molecule is N#Cc1cccc(Cc2nnc(C(=O)N[C@@H]3C(=O)Nc4c(F)cc(F)cc4C4CC43)[nH]2)c1. The van der Waals surface area contributed by atoms with Gasteiger partial charge in [0.15, 0.2) is 0 Å². The highest BCUT2D eigenvalue weighted by molar-refractivity contribution is 6.01. The first kappa shape index (κ1) is 19.8. The Bertz CT molecular complexity index is 1300. The molecule has 2 aliphatic rings. The molecule has 1 saturated carbocycles. The topological polar surface area (TPSA) is 124 Å². The molecule has 0 spiro atoms. The predicted molar refractivity (Wildman–Crippen MR) is 107 cm³/mol. The normalized spacial score (nSPS) is 20.9. The summed E-state index contributed by atoms with van der Waals surface area (Å²) < 4.78 is 27.8. The number of nitrogens with zero attached hydrogens (tertiary/aromatic N) is 3. The molecule has 3 N–H and O–H groups in total. The molecule has 1 fully saturated rings. The molecule has 2 heterocycles. The fourth-order valence-electron chi connectivity index (χ4n) is 4.16. The third-order valence-electron chi connectivity index (χ3n) is 5.75. The molecule has 0 radical (unpaired) electrons. The summed E-state index contributed by atoms with van der Waals surface area (Å²) in [7, 11) is 0. The number of aromatic nitrogens is 3. The van der Waals surface area contributed by atoms with Crippen LogP contribution in [0.15, 0.2) is 36.4 Å². The number of carbonyl (C=O) groups excluding carboxylic acids is 2. The van der Waals surface area contributed by atoms with Gasteiger partial charge in [0.1, 0.15) is 23.5 Å². The van der Waals surface area contributed by atoms with Crippen LogP contribution in [0.3, 0.4) is 0 Å². The first-order chi connectivity index (χ1) is 15.4. The molecule has 1 aliphatic carbocycles. The third kappa shape index (κ3) is 3.58. The molecule has 2 unspecified atom stereocenters. The van der Waals surface area contributed by atoms with Crippen molar-refractivity contribution in [3.05, 3.63) is 76.4 Å². The number of fused-ring (bicyclic) bond motifs is 3. The minimum atomic E-state index is -0.914. The van der Waals surface area contributed by atoms with Gasteiger partial charge in [0.25, 0.3) is 5.91 Å². The van der Waals surface area contributed by atoms with E-state index in [1.165, 1.54) is 6.07 Å². The maximum Gasteiger partial charge on any atom is 0.289 e. The maximum atomic E-state index is 14.2. The lowest BCUT2D eigenvalue weighted by Gasteiger charge is -2.16. The Morgan fingerprint density at radius 3 is 2.91 bits per heavy atom. The number of H-pyrrole nitrogens is 1. The smallest absolute Gasteiger partial charge is 0.289 e. The molecule has 10 heteroatoms. The zero-order valence-corrected chi connectivity index (χ0v) is 16.5. The first-order valence-electron chi connectivity index (χ1n) is 9.94. The highest BCUT2D eigenvalue weighted by Gasteiger charge is 2.51. The molecule has 2 aromatic carbocycles. The number of aromatic amines is 1. The van der Waals surface area contributed by atoms with Crippen LogP contribution in [0.5, 0.6) is 0 Å². The molecule has 3 atom stereocenters. The average molecular weight is 434 g/mol. The second-order valence-electron chi connectivity index (χ2n) is 7.91. The Labute approximate surface area is 180 Å². The zero-order valence-electron chi connectivity index (χ0n) is 16.5. The van der Waals surface area contributed by atoms with E-state index < -0.39 is 29.5 Å². The van der Waals surface area contributed by atoms with Gasteiger partial charge < -0.3 is 15.6 Å². The van der Waals surface area contributed by atoms with Gasteiger partial charge in [-0.05, 0) is 47.6 Å². The van der Waals surface area contributed by atoms with Crippen LogP contribution in [-0.4, -0.2) is 33.0 Å². The first-order valence-corrected chi connectivity index (χ1v) is 9.94. The second-order valence-corrected chi connectivity index (χ2v) is 7.91. The summed E-state index contributed by atoms with van der Waals surface area (Å²) in [5.74, 6) is -2.88. The molecule has 2 amide bonds. The van der Waals surface area contributed by atoms with Gasteiger partial charge in [-0.2, -0.15) is 5.26 Å². The van der Waals surface area contributed by atoms with Crippen molar-refractivity contribution in [3.8, 4) is 6.07 Å². The van der Waals surface area contributed by atoms with Crippen molar-refractivity contribution in [3.63, 3.8) is 0 Å². The van der Waals surface area contributed by atoms with Gasteiger partial charge in [-0.3, -0.25) is 9.59 Å². The number of amides is 2. The van der Waals surface area contributed by atoms with Crippen LogP contribution in [0, 0.1) is 28.9 Å². The molecule has 3 aromatic rings. The van der Waals surface area contributed by atoms with Crippen molar-refractivity contribution in [2.24, 2.45) is 5.92 Å². The summed E-state index contributed by atoms with van der Waals surface area (Å²) in [4.78, 5) is 28.2. The maximum absolute atomic E-state index is 14.2. The van der Waals surface area contributed by atoms with Crippen molar-refractivity contribution >= 4 is 17.5 Å². The average Bonchev–Trinajstić information content (AvgIpc) is 3.44. The van der Waals surface area contributed by atoms with Gasteiger partial charge in [-0.15, -0.1) is 10.2 Å². The number of carbonyl (C=O) groups is 2. The summed E-state index contributed by atoms with van der Waals surface area (Å²) in [5.41, 5.74) is 1.69. The highest BCUT2D eigenvalue weighted by atomic mass is 19.1. The highest BCUT2D eigenvalue weighted by Crippen LogP contribution is 2.54. The lowest BCUT2D eigenvalue weighted by atomic mass is 10.1. The minimum absolute atomic E-state index is 0.0396. The predicted octanol–water partition coefficient (Wildman–Crippen LogP) is 2.40. The summed E-state index contributed by atoms with van der Waals surface area (Å²) in [6.45, 7) is 0. The van der Waals surface area contributed by atoms with Gasteiger partial charge in [-0.1, -0.05) is 12.1 Å². The minimum Gasteiger partial charge on any atom is -0.337 e. The fourth-order valence-corrected chi connectivity index (χ4v) is 4.16. The summed E-state index contributed by atoms with van der Waals surface area (Å²) >= 11 is 0. The number of hydrogen-bond donors (Lipinski definition) is 3. The standard InChI is InChI=1S/C22H16F2N6O2/c23-12-6-14-13-8-15(13)19(21(31)27-18(14)16(24)7-12)28-22(32)20-26-17(29-30-20)5-10-2-1-3-11(4-10)9-25/h1-4,6-7,13,15,19H,5,8H2,(H,27,31)(H,28,32)(H,26,29,30)/t13?,15?,19-/m0/s1. The van der Waals surface area contributed by atoms with E-state index in [2.05, 4.69) is 31.9 Å². The number of hydrogen-bond acceptors (Lipinski definition) is 5. The summed E-state index contributed by atoms with van der Waals surface area (Å²) in [5, 5.41) is 21.9. The largest absolute Gasteiger partial charge is 0.337 e. The van der Waals surface area contributed by atoms with E-state index in [4.69, 9.17) is 5.26 Å². The number of benzene rings is 2. The van der Waals surface area contributed by atoms with E-state index in [0.29, 0.717) is 29.8 Å². The molecule has 1 aromatic heterocycles. The van der Waals surface area contributed by atoms with Crippen molar-refractivity contribution in [2.45, 2.75) is 24.8 Å². The number of rotatable bonds is 4. The monoisotopic (exact) mass is 434 g/mol. The van der Waals surface area contributed by atoms with Crippen LogP contribution < -0.4 is 10.6 Å². The summed E-state index contributed by atoms with van der Waals surface area (Å²) in [6.07, 6.45) is 0.871. The van der Waals surface area contributed by atoms with Gasteiger partial charge in [-0.25, -0.2) is 8.78 Å². The molecule has 160 valence electrons. The molecule has 0 saturated heterocycles. The van der Waals surface area contributed by atoms with E-state index in [0.717, 1.165) is 11.6 Å². The van der Waals surface area contributed by atoms with E-state index >= 15 is 0 Å². The molecule has 5 rings (SSSR count). The molecule has 1 aliphatic heterocycles. The van der Waals surface area contributed by atoms with Crippen molar-refractivity contribution in [1.29, 1.82) is 5.26 Å². The van der Waals surface area contributed by atoms with Crippen LogP contribution in [-0.2, 0) is 11.2 Å². The number of nitriles is 1. The lowest BCUT2D eigenvalue weighted by Crippen LogP contribution is -2.45. The Morgan fingerprint density at radius 1 is 1.25 bits per heavy atom. The van der Waals surface area contributed by atoms with Crippen LogP contribution in [0.4, 0.5) is 14.5 Å². The van der Waals surface area contributed by atoms with Crippen LogP contribution in [0.1, 0.15) is 45.5 Å². The molecular weight excluding hydrogens is 418 g/mol. The number of anilines is 1. The van der Waals surface area contributed by atoms with Gasteiger partial charge in [0.05, 0.1) is 17.3 Å². The quantitative estimate of drug-likeness (QED) is 0.582. The fraction of sp³-hybridized carbons (Fsp3) is 0.227. The Morgan fingerprint density at radius 2 is 2.09 bits per heavy atom. The van der Waals surface area contributed by atoms with Crippen molar-refractivity contribution < 1.29 is 18.4 Å². The molecule has 32 heavy (non-hydrogen) atoms. The van der Waals surface area contributed by atoms with E-state index in [1.54, 1.807) is 18.2 Å². The van der Waals surface area contributed by atoms with E-state index in [1.807, 2.05) is 6.07 Å². The van der Waals surface area contributed by atoms with E-state index in [9.17, 15) is 18.4 Å². The van der Waals surface area contributed by atoms with Gasteiger partial charge in [0, 0.05) is 12.5 Å². The molecular formula is C22H16F2N6O2. The zero-order chi connectivity index (χ0) is 22.4. The van der Waals surface area contributed by atoms with Gasteiger partial charge >= 0.3 is 0 Å². The molecule has 0 bridgehead atoms. The lowest BCUT2D eigenvalue weighted by molar-refractivity contribution is -0.118. The van der Waals surface area contributed by atoms with E-state index in [-0.39, 0.29) is 23.3 Å². The summed E-state index contributed by atoms with van der Waals surface area (Å²) in [6, 6.07) is 10.1. The van der Waals surface area contributed by atoms with Crippen LogP contribution >= 0.6 is 0 Å². The van der Waals surface area contributed by atoms with Crippen LogP contribution in [0.2, 0.25) is 0 Å². The third-order valence-corrected chi connectivity index (χ3v) is 5.75. The Balaban J connectivity index is 1.30. The number of halogens is 2. The Kier molecular flexibility index (Phi) is 4.66. The van der Waals surface area contributed by atoms with Crippen molar-refractivity contribution in [2.75, 3.05) is 5.32 Å². The Hall–Kier alpha value is -4.13. The number of nitrogens with one attached hydrogen (secondary N) is 3. The van der Waals surface area contributed by atoms with Crippen LogP contribution in [0.25, 0.3) is 0 Å². The molecule has 8 nitrogen and oxygen atoms in total. The van der Waals surface area contributed by atoms with Crippen molar-refractivity contribution in [1.82, 2.24) is 20.5 Å².